The third-order valence-electron chi connectivity index (χ3n) is 1.97. The standard InChI is InChI=1S/C12H14N2O2/c1-2-14-12(15)7-8-16-11-6-4-3-5-10(11)9-13/h3-6H,2,7-8H2,1H3,(H,14,15). The highest BCUT2D eigenvalue weighted by molar-refractivity contribution is 5.75. The molecule has 0 unspecified atom stereocenters. The molecule has 0 aliphatic rings. The molecule has 0 saturated heterocycles. The second-order valence-corrected chi connectivity index (χ2v) is 3.16. The van der Waals surface area contributed by atoms with Gasteiger partial charge in [-0.3, -0.25) is 4.79 Å². The zero-order chi connectivity index (χ0) is 11.8. The van der Waals surface area contributed by atoms with Crippen LogP contribution in [-0.2, 0) is 4.79 Å². The molecule has 1 rings (SSSR count). The average Bonchev–Trinajstić information content (AvgIpc) is 2.30. The molecule has 0 spiro atoms. The first kappa shape index (κ1) is 12.1. The van der Waals surface area contributed by atoms with Gasteiger partial charge in [-0.15, -0.1) is 0 Å². The number of carbonyl (C=O) groups excluding carboxylic acids is 1. The highest BCUT2D eigenvalue weighted by Gasteiger charge is 2.03. The fraction of sp³-hybridized carbons (Fsp3) is 0.333. The molecular formula is C12H14N2O2. The number of hydrogen-bond donors (Lipinski definition) is 1. The molecule has 4 heteroatoms. The zero-order valence-electron chi connectivity index (χ0n) is 9.19. The van der Waals surface area contributed by atoms with Gasteiger partial charge in [-0.05, 0) is 19.1 Å². The van der Waals surface area contributed by atoms with Crippen LogP contribution in [-0.4, -0.2) is 19.1 Å². The number of amides is 1. The first-order valence-corrected chi connectivity index (χ1v) is 5.16. The first-order chi connectivity index (χ1) is 7.77. The summed E-state index contributed by atoms with van der Waals surface area (Å²) < 4.78 is 5.36. The number of ether oxygens (including phenoxy) is 1. The lowest BCUT2D eigenvalue weighted by molar-refractivity contribution is -0.121. The second kappa shape index (κ2) is 6.46. The van der Waals surface area contributed by atoms with Crippen LogP contribution in [0.4, 0.5) is 0 Å². The number of rotatable bonds is 5. The maximum atomic E-state index is 11.1. The van der Waals surface area contributed by atoms with Crippen LogP contribution < -0.4 is 10.1 Å². The van der Waals surface area contributed by atoms with Crippen molar-refractivity contribution in [2.45, 2.75) is 13.3 Å². The minimum atomic E-state index is -0.0445. The lowest BCUT2D eigenvalue weighted by Crippen LogP contribution is -2.24. The van der Waals surface area contributed by atoms with Gasteiger partial charge in [0.05, 0.1) is 18.6 Å². The Morgan fingerprint density at radius 2 is 2.25 bits per heavy atom. The van der Waals surface area contributed by atoms with Crippen molar-refractivity contribution in [3.05, 3.63) is 29.8 Å². The maximum Gasteiger partial charge on any atom is 0.223 e. The van der Waals surface area contributed by atoms with E-state index in [0.29, 0.717) is 24.3 Å². The molecule has 0 aliphatic carbocycles. The van der Waals surface area contributed by atoms with Crippen molar-refractivity contribution >= 4 is 5.91 Å². The Morgan fingerprint density at radius 1 is 1.50 bits per heavy atom. The molecular weight excluding hydrogens is 204 g/mol. The van der Waals surface area contributed by atoms with E-state index in [9.17, 15) is 4.79 Å². The van der Waals surface area contributed by atoms with Gasteiger partial charge in [0.2, 0.25) is 5.91 Å². The Balaban J connectivity index is 2.43. The fourth-order valence-electron chi connectivity index (χ4n) is 1.22. The van der Waals surface area contributed by atoms with Crippen molar-refractivity contribution in [2.75, 3.05) is 13.2 Å². The Kier molecular flexibility index (Phi) is 4.87. The average molecular weight is 218 g/mol. The number of para-hydroxylation sites is 1. The smallest absolute Gasteiger partial charge is 0.223 e. The van der Waals surface area contributed by atoms with Gasteiger partial charge >= 0.3 is 0 Å². The predicted octanol–water partition coefficient (Wildman–Crippen LogP) is 1.46. The molecule has 84 valence electrons. The molecule has 0 fully saturated rings. The summed E-state index contributed by atoms with van der Waals surface area (Å²) in [5.41, 5.74) is 0.485. The van der Waals surface area contributed by atoms with Crippen molar-refractivity contribution in [1.29, 1.82) is 5.26 Å². The summed E-state index contributed by atoms with van der Waals surface area (Å²) in [7, 11) is 0. The predicted molar refractivity (Wildman–Crippen MR) is 60.0 cm³/mol. The number of carbonyl (C=O) groups is 1. The van der Waals surface area contributed by atoms with Crippen molar-refractivity contribution in [1.82, 2.24) is 5.32 Å². The van der Waals surface area contributed by atoms with Crippen molar-refractivity contribution < 1.29 is 9.53 Å². The molecule has 0 heterocycles. The van der Waals surface area contributed by atoms with Crippen molar-refractivity contribution in [2.24, 2.45) is 0 Å². The highest BCUT2D eigenvalue weighted by Crippen LogP contribution is 2.16. The van der Waals surface area contributed by atoms with Gasteiger partial charge < -0.3 is 10.1 Å². The molecule has 0 bridgehead atoms. The van der Waals surface area contributed by atoms with E-state index in [1.54, 1.807) is 24.3 Å². The Morgan fingerprint density at radius 3 is 2.94 bits per heavy atom. The minimum absolute atomic E-state index is 0.0445. The summed E-state index contributed by atoms with van der Waals surface area (Å²) in [6, 6.07) is 9.00. The van der Waals surface area contributed by atoms with Gasteiger partial charge in [0.25, 0.3) is 0 Å². The van der Waals surface area contributed by atoms with Crippen molar-refractivity contribution in [3.8, 4) is 11.8 Å². The maximum absolute atomic E-state index is 11.1. The van der Waals surface area contributed by atoms with E-state index in [-0.39, 0.29) is 12.5 Å². The molecule has 0 aliphatic heterocycles. The Labute approximate surface area is 94.8 Å². The van der Waals surface area contributed by atoms with E-state index in [1.165, 1.54) is 0 Å². The SMILES string of the molecule is CCNC(=O)CCOc1ccccc1C#N. The van der Waals surface area contributed by atoms with Crippen LogP contribution in [0.1, 0.15) is 18.9 Å². The van der Waals surface area contributed by atoms with Crippen LogP contribution in [0.15, 0.2) is 24.3 Å². The molecule has 0 atom stereocenters. The first-order valence-electron chi connectivity index (χ1n) is 5.16. The van der Waals surface area contributed by atoms with Gasteiger partial charge in [0.1, 0.15) is 11.8 Å². The monoisotopic (exact) mass is 218 g/mol. The molecule has 4 nitrogen and oxygen atoms in total. The molecule has 1 aromatic rings. The third-order valence-corrected chi connectivity index (χ3v) is 1.97. The van der Waals surface area contributed by atoms with Gasteiger partial charge in [-0.25, -0.2) is 0 Å². The summed E-state index contributed by atoms with van der Waals surface area (Å²) in [6.45, 7) is 2.77. The molecule has 1 N–H and O–H groups in total. The molecule has 16 heavy (non-hydrogen) atoms. The molecule has 0 radical (unpaired) electrons. The largest absolute Gasteiger partial charge is 0.492 e. The van der Waals surface area contributed by atoms with Crippen LogP contribution in [0.3, 0.4) is 0 Å². The number of nitriles is 1. The number of hydrogen-bond acceptors (Lipinski definition) is 3. The van der Waals surface area contributed by atoms with Crippen molar-refractivity contribution in [3.63, 3.8) is 0 Å². The third kappa shape index (κ3) is 3.62. The van der Waals surface area contributed by atoms with E-state index in [4.69, 9.17) is 10.00 Å². The van der Waals surface area contributed by atoms with E-state index in [1.807, 2.05) is 13.0 Å². The lowest BCUT2D eigenvalue weighted by atomic mass is 10.2. The molecule has 1 amide bonds. The highest BCUT2D eigenvalue weighted by atomic mass is 16.5. The molecule has 0 aromatic heterocycles. The molecule has 0 saturated carbocycles. The Hall–Kier alpha value is -2.02. The van der Waals surface area contributed by atoms with Crippen LogP contribution in [0.2, 0.25) is 0 Å². The summed E-state index contributed by atoms with van der Waals surface area (Å²) in [5, 5.41) is 11.5. The van der Waals surface area contributed by atoms with E-state index in [0.717, 1.165) is 0 Å². The number of nitrogens with zero attached hydrogens (tertiary/aromatic N) is 1. The topological polar surface area (TPSA) is 62.1 Å². The van der Waals surface area contributed by atoms with Gasteiger partial charge in [-0.2, -0.15) is 5.26 Å². The number of nitrogens with one attached hydrogen (secondary N) is 1. The second-order valence-electron chi connectivity index (χ2n) is 3.16. The van der Waals surface area contributed by atoms with Gasteiger partial charge in [-0.1, -0.05) is 12.1 Å². The quantitative estimate of drug-likeness (QED) is 0.813. The van der Waals surface area contributed by atoms with Crippen LogP contribution in [0.5, 0.6) is 5.75 Å². The summed E-state index contributed by atoms with van der Waals surface area (Å²) in [6.07, 6.45) is 0.299. The number of benzene rings is 1. The normalized spacial score (nSPS) is 9.25. The van der Waals surface area contributed by atoms with E-state index < -0.39 is 0 Å². The van der Waals surface area contributed by atoms with Gasteiger partial charge in [0, 0.05) is 6.54 Å². The van der Waals surface area contributed by atoms with Crippen LogP contribution >= 0.6 is 0 Å². The van der Waals surface area contributed by atoms with Crippen LogP contribution in [0.25, 0.3) is 0 Å². The minimum Gasteiger partial charge on any atom is -0.492 e. The van der Waals surface area contributed by atoms with Gasteiger partial charge in [0.15, 0.2) is 0 Å². The summed E-state index contributed by atoms with van der Waals surface area (Å²) >= 11 is 0. The molecule has 1 aromatic carbocycles. The van der Waals surface area contributed by atoms with E-state index >= 15 is 0 Å². The van der Waals surface area contributed by atoms with Crippen LogP contribution in [0, 0.1) is 11.3 Å². The fourth-order valence-corrected chi connectivity index (χ4v) is 1.22. The lowest BCUT2D eigenvalue weighted by Gasteiger charge is -2.07. The summed E-state index contributed by atoms with van der Waals surface area (Å²) in [4.78, 5) is 11.1. The zero-order valence-corrected chi connectivity index (χ0v) is 9.19. The van der Waals surface area contributed by atoms with E-state index in [2.05, 4.69) is 5.32 Å². The summed E-state index contributed by atoms with van der Waals surface area (Å²) in [5.74, 6) is 0.478. The Bertz CT molecular complexity index is 396.